The summed E-state index contributed by atoms with van der Waals surface area (Å²) in [6.07, 6.45) is 1.89. The Morgan fingerprint density at radius 3 is 2.74 bits per heavy atom. The van der Waals surface area contributed by atoms with E-state index >= 15 is 0 Å². The highest BCUT2D eigenvalue weighted by molar-refractivity contribution is 5.90. The quantitative estimate of drug-likeness (QED) is 0.586. The van der Waals surface area contributed by atoms with Gasteiger partial charge in [0.15, 0.2) is 0 Å². The van der Waals surface area contributed by atoms with Gasteiger partial charge in [-0.25, -0.2) is 0 Å². The first-order chi connectivity index (χ1) is 11.2. The Bertz CT molecular complexity index is 956. The molecule has 112 valence electrons. The molecule has 5 rings (SSSR count). The van der Waals surface area contributed by atoms with Crippen LogP contribution in [0.15, 0.2) is 54.7 Å². The summed E-state index contributed by atoms with van der Waals surface area (Å²) in [6.45, 7) is 5.24. The van der Waals surface area contributed by atoms with Crippen molar-refractivity contribution in [2.45, 2.75) is 25.9 Å². The van der Waals surface area contributed by atoms with E-state index in [1.165, 1.54) is 33.4 Å². The molecule has 0 saturated carbocycles. The number of pyridine rings is 1. The third kappa shape index (κ3) is 1.56. The highest BCUT2D eigenvalue weighted by Gasteiger charge is 2.40. The molecule has 0 bridgehead atoms. The van der Waals surface area contributed by atoms with Crippen molar-refractivity contribution in [3.63, 3.8) is 0 Å². The maximum Gasteiger partial charge on any atom is 0.127 e. The van der Waals surface area contributed by atoms with Gasteiger partial charge in [0.25, 0.3) is 0 Å². The van der Waals surface area contributed by atoms with Gasteiger partial charge < -0.3 is 4.74 Å². The summed E-state index contributed by atoms with van der Waals surface area (Å²) in [4.78, 5) is 4.67. The molecule has 0 atom stereocenters. The molecule has 2 nitrogen and oxygen atoms in total. The lowest BCUT2D eigenvalue weighted by atomic mass is 9.77. The zero-order valence-electron chi connectivity index (χ0n) is 13.3. The molecule has 0 fully saturated rings. The Morgan fingerprint density at radius 2 is 1.83 bits per heavy atom. The second kappa shape index (κ2) is 4.23. The molecule has 0 amide bonds. The number of aromatic nitrogens is 1. The van der Waals surface area contributed by atoms with Gasteiger partial charge in [0.1, 0.15) is 12.4 Å². The molecule has 1 aromatic heterocycles. The fourth-order valence-electron chi connectivity index (χ4n) is 4.13. The minimum atomic E-state index is -0.0469. The maximum absolute atomic E-state index is 5.94. The van der Waals surface area contributed by atoms with Crippen LogP contribution in [-0.4, -0.2) is 4.98 Å². The van der Waals surface area contributed by atoms with Crippen LogP contribution in [0.1, 0.15) is 30.5 Å². The van der Waals surface area contributed by atoms with Gasteiger partial charge in [-0.05, 0) is 34.4 Å². The van der Waals surface area contributed by atoms with Crippen molar-refractivity contribution in [3.8, 4) is 28.1 Å². The maximum atomic E-state index is 5.94. The summed E-state index contributed by atoms with van der Waals surface area (Å²) in [5, 5.41) is 0. The molecule has 0 saturated heterocycles. The Hall–Kier alpha value is -2.61. The van der Waals surface area contributed by atoms with Gasteiger partial charge in [0.2, 0.25) is 0 Å². The van der Waals surface area contributed by atoms with Crippen LogP contribution in [0.5, 0.6) is 5.75 Å². The van der Waals surface area contributed by atoms with Gasteiger partial charge in [-0.15, -0.1) is 0 Å². The zero-order chi connectivity index (χ0) is 15.6. The topological polar surface area (TPSA) is 22.1 Å². The first kappa shape index (κ1) is 12.9. The number of hydrogen-bond donors (Lipinski definition) is 0. The van der Waals surface area contributed by atoms with Gasteiger partial charge in [-0.3, -0.25) is 4.98 Å². The number of hydrogen-bond acceptors (Lipinski definition) is 2. The Labute approximate surface area is 135 Å². The summed E-state index contributed by atoms with van der Waals surface area (Å²) in [7, 11) is 0. The van der Waals surface area contributed by atoms with Crippen molar-refractivity contribution in [3.05, 3.63) is 71.4 Å². The van der Waals surface area contributed by atoms with Crippen LogP contribution in [0, 0.1) is 0 Å². The molecule has 2 heterocycles. The van der Waals surface area contributed by atoms with E-state index in [1.807, 2.05) is 18.3 Å². The summed E-state index contributed by atoms with van der Waals surface area (Å²) in [6, 6.07) is 17.0. The molecule has 2 aliphatic rings. The van der Waals surface area contributed by atoms with Crippen LogP contribution >= 0.6 is 0 Å². The molecule has 1 aliphatic carbocycles. The van der Waals surface area contributed by atoms with Crippen molar-refractivity contribution < 1.29 is 4.74 Å². The van der Waals surface area contributed by atoms with E-state index in [9.17, 15) is 0 Å². The molecular weight excluding hydrogens is 282 g/mol. The molecular formula is C21H17NO. The largest absolute Gasteiger partial charge is 0.488 e. The lowest BCUT2D eigenvalue weighted by Crippen LogP contribution is -2.18. The summed E-state index contributed by atoms with van der Waals surface area (Å²) in [5.41, 5.74) is 8.85. The van der Waals surface area contributed by atoms with Gasteiger partial charge in [-0.1, -0.05) is 50.2 Å². The van der Waals surface area contributed by atoms with Crippen LogP contribution in [0.4, 0.5) is 0 Å². The van der Waals surface area contributed by atoms with E-state index in [-0.39, 0.29) is 5.41 Å². The van der Waals surface area contributed by atoms with Gasteiger partial charge >= 0.3 is 0 Å². The standard InChI is InChI=1S/C21H17NO/c1-21(2)16-7-5-11-22-20(16)15-10-9-13-12-23-17-8-4-3-6-14(17)18(13)19(15)21/h3-11H,12H2,1-2H3. The van der Waals surface area contributed by atoms with E-state index in [0.717, 1.165) is 11.4 Å². The first-order valence-electron chi connectivity index (χ1n) is 8.02. The van der Waals surface area contributed by atoms with Crippen LogP contribution in [0.25, 0.3) is 22.4 Å². The van der Waals surface area contributed by atoms with Crippen molar-refractivity contribution in [2.75, 3.05) is 0 Å². The van der Waals surface area contributed by atoms with Gasteiger partial charge in [0.05, 0.1) is 5.69 Å². The van der Waals surface area contributed by atoms with E-state index < -0.39 is 0 Å². The van der Waals surface area contributed by atoms with E-state index in [0.29, 0.717) is 6.61 Å². The predicted octanol–water partition coefficient (Wildman–Crippen LogP) is 4.95. The van der Waals surface area contributed by atoms with Crippen LogP contribution < -0.4 is 4.74 Å². The van der Waals surface area contributed by atoms with Gasteiger partial charge in [0, 0.05) is 22.7 Å². The smallest absolute Gasteiger partial charge is 0.127 e. The molecule has 1 aliphatic heterocycles. The number of benzene rings is 2. The molecule has 23 heavy (non-hydrogen) atoms. The second-order valence-electron chi connectivity index (χ2n) is 6.83. The molecule has 0 unspecified atom stereocenters. The summed E-state index contributed by atoms with van der Waals surface area (Å²) >= 11 is 0. The molecule has 2 aromatic carbocycles. The van der Waals surface area contributed by atoms with E-state index in [2.05, 4.69) is 55.2 Å². The van der Waals surface area contributed by atoms with E-state index in [4.69, 9.17) is 4.74 Å². The number of nitrogens with zero attached hydrogens (tertiary/aromatic N) is 1. The van der Waals surface area contributed by atoms with Crippen molar-refractivity contribution in [1.29, 1.82) is 0 Å². The fourth-order valence-corrected chi connectivity index (χ4v) is 4.13. The van der Waals surface area contributed by atoms with Gasteiger partial charge in [-0.2, -0.15) is 0 Å². The highest BCUT2D eigenvalue weighted by Crippen LogP contribution is 2.54. The van der Waals surface area contributed by atoms with Crippen molar-refractivity contribution in [2.24, 2.45) is 0 Å². The monoisotopic (exact) mass is 299 g/mol. The summed E-state index contributed by atoms with van der Waals surface area (Å²) < 4.78 is 5.94. The highest BCUT2D eigenvalue weighted by atomic mass is 16.5. The lowest BCUT2D eigenvalue weighted by Gasteiger charge is -2.29. The molecule has 3 aromatic rings. The molecule has 0 N–H and O–H groups in total. The Morgan fingerprint density at radius 1 is 0.957 bits per heavy atom. The number of ether oxygens (including phenoxy) is 1. The molecule has 0 radical (unpaired) electrons. The lowest BCUT2D eigenvalue weighted by molar-refractivity contribution is 0.302. The molecule has 2 heteroatoms. The van der Waals surface area contributed by atoms with Crippen LogP contribution in [0.3, 0.4) is 0 Å². The fraction of sp³-hybridized carbons (Fsp3) is 0.190. The average molecular weight is 299 g/mol. The Kier molecular flexibility index (Phi) is 2.37. The van der Waals surface area contributed by atoms with Crippen molar-refractivity contribution in [1.82, 2.24) is 4.98 Å². The van der Waals surface area contributed by atoms with E-state index in [1.54, 1.807) is 0 Å². The average Bonchev–Trinajstić information content (AvgIpc) is 2.83. The second-order valence-corrected chi connectivity index (χ2v) is 6.83. The first-order valence-corrected chi connectivity index (χ1v) is 8.02. The van der Waals surface area contributed by atoms with Crippen LogP contribution in [-0.2, 0) is 12.0 Å². The predicted molar refractivity (Wildman–Crippen MR) is 91.6 cm³/mol. The minimum Gasteiger partial charge on any atom is -0.488 e. The number of rotatable bonds is 0. The zero-order valence-corrected chi connectivity index (χ0v) is 13.3. The third-order valence-corrected chi connectivity index (χ3v) is 5.19. The van der Waals surface area contributed by atoms with Crippen molar-refractivity contribution >= 4 is 0 Å². The SMILES string of the molecule is CC1(C)c2cccnc2-c2ccc3c(c21)-c1ccccc1OC3. The number of para-hydroxylation sites is 1. The number of fused-ring (bicyclic) bond motifs is 7. The third-order valence-electron chi connectivity index (χ3n) is 5.19. The summed E-state index contributed by atoms with van der Waals surface area (Å²) in [5.74, 6) is 0.980. The minimum absolute atomic E-state index is 0.0469. The Balaban J connectivity index is 1.91. The molecule has 0 spiro atoms. The van der Waals surface area contributed by atoms with Crippen LogP contribution in [0.2, 0.25) is 0 Å². The normalized spacial score (nSPS) is 15.9.